The van der Waals surface area contributed by atoms with Crippen LogP contribution in [0.15, 0.2) is 42.6 Å². The normalized spacial score (nSPS) is 17.4. The summed E-state index contributed by atoms with van der Waals surface area (Å²) >= 11 is 0. The van der Waals surface area contributed by atoms with E-state index in [2.05, 4.69) is 15.2 Å². The average Bonchev–Trinajstić information content (AvgIpc) is 3.03. The van der Waals surface area contributed by atoms with Gasteiger partial charge in [0.05, 0.1) is 14.2 Å². The quantitative estimate of drug-likeness (QED) is 0.920. The zero-order valence-electron chi connectivity index (χ0n) is 13.0. The molecule has 0 bridgehead atoms. The maximum Gasteiger partial charge on any atom is 0.126 e. The minimum atomic E-state index is 0.395. The third kappa shape index (κ3) is 3.24. The minimum Gasteiger partial charge on any atom is -0.497 e. The number of nitrogens with one attached hydrogen (secondary N) is 1. The van der Waals surface area contributed by atoms with E-state index in [9.17, 15) is 0 Å². The molecule has 1 N–H and O–H groups in total. The van der Waals surface area contributed by atoms with Gasteiger partial charge in [0.15, 0.2) is 0 Å². The lowest BCUT2D eigenvalue weighted by molar-refractivity contribution is 0.394. The monoisotopic (exact) mass is 299 g/mol. The Hall–Kier alpha value is -2.43. The van der Waals surface area contributed by atoms with Crippen molar-refractivity contribution >= 4 is 11.5 Å². The van der Waals surface area contributed by atoms with Crippen LogP contribution < -0.4 is 19.7 Å². The summed E-state index contributed by atoms with van der Waals surface area (Å²) in [6, 6.07) is 12.3. The number of pyridine rings is 1. The third-order valence-corrected chi connectivity index (χ3v) is 3.91. The highest BCUT2D eigenvalue weighted by Gasteiger charge is 2.23. The number of hydrogen-bond acceptors (Lipinski definition) is 5. The summed E-state index contributed by atoms with van der Waals surface area (Å²) in [7, 11) is 3.35. The topological polar surface area (TPSA) is 46.6 Å². The molecule has 0 aliphatic carbocycles. The van der Waals surface area contributed by atoms with E-state index < -0.39 is 0 Å². The van der Waals surface area contributed by atoms with E-state index in [0.717, 1.165) is 42.5 Å². The molecule has 2 aromatic rings. The van der Waals surface area contributed by atoms with Crippen LogP contribution in [-0.4, -0.2) is 38.3 Å². The van der Waals surface area contributed by atoms with Crippen LogP contribution in [0, 0.1) is 0 Å². The van der Waals surface area contributed by atoms with Crippen molar-refractivity contribution in [2.45, 2.75) is 12.5 Å². The first-order valence-corrected chi connectivity index (χ1v) is 7.44. The van der Waals surface area contributed by atoms with E-state index >= 15 is 0 Å². The summed E-state index contributed by atoms with van der Waals surface area (Å²) in [5, 5.41) is 3.48. The Morgan fingerprint density at radius 3 is 2.55 bits per heavy atom. The molecule has 3 rings (SSSR count). The number of ether oxygens (including phenoxy) is 2. The Balaban J connectivity index is 1.69. The number of rotatable bonds is 5. The van der Waals surface area contributed by atoms with Gasteiger partial charge in [-0.15, -0.1) is 0 Å². The smallest absolute Gasteiger partial charge is 0.126 e. The Bertz CT molecular complexity index is 596. The van der Waals surface area contributed by atoms with Gasteiger partial charge in [-0.1, -0.05) is 6.07 Å². The van der Waals surface area contributed by atoms with Gasteiger partial charge in [0, 0.05) is 49.2 Å². The van der Waals surface area contributed by atoms with Gasteiger partial charge in [-0.3, -0.25) is 0 Å². The second kappa shape index (κ2) is 6.56. The third-order valence-electron chi connectivity index (χ3n) is 3.91. The molecule has 0 saturated carbocycles. The summed E-state index contributed by atoms with van der Waals surface area (Å²) in [6.07, 6.45) is 2.89. The first-order valence-electron chi connectivity index (χ1n) is 7.44. The van der Waals surface area contributed by atoms with Crippen LogP contribution >= 0.6 is 0 Å². The number of methoxy groups -OCH3 is 2. The largest absolute Gasteiger partial charge is 0.497 e. The molecular formula is C17H21N3O2. The number of anilines is 2. The molecule has 0 spiro atoms. The molecule has 5 nitrogen and oxygen atoms in total. The van der Waals surface area contributed by atoms with Crippen molar-refractivity contribution in [1.29, 1.82) is 0 Å². The van der Waals surface area contributed by atoms with Gasteiger partial charge in [0.25, 0.3) is 0 Å². The van der Waals surface area contributed by atoms with Crippen molar-refractivity contribution in [3.05, 3.63) is 42.6 Å². The summed E-state index contributed by atoms with van der Waals surface area (Å²) < 4.78 is 10.7. The zero-order chi connectivity index (χ0) is 15.4. The first kappa shape index (κ1) is 14.5. The summed E-state index contributed by atoms with van der Waals surface area (Å²) in [5.41, 5.74) is 1.13. The predicted octanol–water partition coefficient (Wildman–Crippen LogP) is 2.79. The molecule has 2 heterocycles. The number of hydrogen-bond donors (Lipinski definition) is 1. The molecule has 1 atom stereocenters. The molecule has 1 aromatic carbocycles. The lowest BCUT2D eigenvalue weighted by Crippen LogP contribution is -2.26. The van der Waals surface area contributed by atoms with Crippen LogP contribution in [0.2, 0.25) is 0 Å². The Morgan fingerprint density at radius 2 is 1.91 bits per heavy atom. The molecule has 1 saturated heterocycles. The maximum atomic E-state index is 5.35. The van der Waals surface area contributed by atoms with Gasteiger partial charge in [0.1, 0.15) is 17.3 Å². The standard InChI is InChI=1S/C17H21N3O2/c1-21-15-9-14(10-16(11-15)22-2)20-8-6-13(12-20)19-17-5-3-4-7-18-17/h3-5,7,9-11,13H,6,8,12H2,1-2H3,(H,18,19)/t13-/m1/s1. The van der Waals surface area contributed by atoms with Gasteiger partial charge in [-0.05, 0) is 18.6 Å². The molecule has 22 heavy (non-hydrogen) atoms. The van der Waals surface area contributed by atoms with Gasteiger partial charge in [0.2, 0.25) is 0 Å². The summed E-state index contributed by atoms with van der Waals surface area (Å²) in [6.45, 7) is 1.94. The molecule has 1 aromatic heterocycles. The molecule has 1 aliphatic rings. The van der Waals surface area contributed by atoms with E-state index in [1.165, 1.54) is 0 Å². The van der Waals surface area contributed by atoms with Crippen molar-refractivity contribution < 1.29 is 9.47 Å². The Kier molecular flexibility index (Phi) is 4.32. The highest BCUT2D eigenvalue weighted by molar-refractivity contribution is 5.57. The SMILES string of the molecule is COc1cc(OC)cc(N2CC[C@@H](Nc3ccccn3)C2)c1. The summed E-state index contributed by atoms with van der Waals surface area (Å²) in [4.78, 5) is 6.66. The highest BCUT2D eigenvalue weighted by atomic mass is 16.5. The minimum absolute atomic E-state index is 0.395. The van der Waals surface area contributed by atoms with Crippen molar-refractivity contribution in [2.24, 2.45) is 0 Å². The van der Waals surface area contributed by atoms with Gasteiger partial charge >= 0.3 is 0 Å². The van der Waals surface area contributed by atoms with Gasteiger partial charge in [-0.25, -0.2) is 4.98 Å². The maximum absolute atomic E-state index is 5.35. The van der Waals surface area contributed by atoms with Crippen LogP contribution in [0.5, 0.6) is 11.5 Å². The van der Waals surface area contributed by atoms with E-state index in [4.69, 9.17) is 9.47 Å². The number of nitrogens with zero attached hydrogens (tertiary/aromatic N) is 2. The first-order chi connectivity index (χ1) is 10.8. The molecular weight excluding hydrogens is 278 g/mol. The van der Waals surface area contributed by atoms with Crippen molar-refractivity contribution in [1.82, 2.24) is 4.98 Å². The Labute approximate surface area is 130 Å². The lowest BCUT2D eigenvalue weighted by atomic mass is 10.2. The zero-order valence-corrected chi connectivity index (χ0v) is 13.0. The van der Waals surface area contributed by atoms with Gasteiger partial charge in [-0.2, -0.15) is 0 Å². The fraction of sp³-hybridized carbons (Fsp3) is 0.353. The number of benzene rings is 1. The molecule has 1 fully saturated rings. The molecule has 1 aliphatic heterocycles. The summed E-state index contributed by atoms with van der Waals surface area (Å²) in [5.74, 6) is 2.56. The van der Waals surface area contributed by atoms with E-state index in [1.807, 2.05) is 42.6 Å². The predicted molar refractivity (Wildman–Crippen MR) is 88.0 cm³/mol. The van der Waals surface area contributed by atoms with Crippen LogP contribution in [0.3, 0.4) is 0 Å². The lowest BCUT2D eigenvalue weighted by Gasteiger charge is -2.20. The second-order valence-corrected chi connectivity index (χ2v) is 5.36. The molecule has 5 heteroatoms. The van der Waals surface area contributed by atoms with Crippen molar-refractivity contribution in [2.75, 3.05) is 37.5 Å². The molecule has 0 amide bonds. The van der Waals surface area contributed by atoms with Crippen LogP contribution in [0.1, 0.15) is 6.42 Å². The van der Waals surface area contributed by atoms with Gasteiger partial charge < -0.3 is 19.7 Å². The van der Waals surface area contributed by atoms with Crippen molar-refractivity contribution in [3.63, 3.8) is 0 Å². The fourth-order valence-corrected chi connectivity index (χ4v) is 2.74. The van der Waals surface area contributed by atoms with E-state index in [0.29, 0.717) is 6.04 Å². The second-order valence-electron chi connectivity index (χ2n) is 5.36. The molecule has 0 radical (unpaired) electrons. The van der Waals surface area contributed by atoms with Crippen LogP contribution in [-0.2, 0) is 0 Å². The van der Waals surface area contributed by atoms with E-state index in [1.54, 1.807) is 14.2 Å². The van der Waals surface area contributed by atoms with E-state index in [-0.39, 0.29) is 0 Å². The van der Waals surface area contributed by atoms with Crippen LogP contribution in [0.25, 0.3) is 0 Å². The van der Waals surface area contributed by atoms with Crippen molar-refractivity contribution in [3.8, 4) is 11.5 Å². The highest BCUT2D eigenvalue weighted by Crippen LogP contribution is 2.30. The molecule has 0 unspecified atom stereocenters. The number of aromatic nitrogens is 1. The average molecular weight is 299 g/mol. The fourth-order valence-electron chi connectivity index (χ4n) is 2.74. The Morgan fingerprint density at radius 1 is 1.14 bits per heavy atom. The van der Waals surface area contributed by atoms with Crippen LogP contribution in [0.4, 0.5) is 11.5 Å². The molecule has 116 valence electrons.